The highest BCUT2D eigenvalue weighted by Crippen LogP contribution is 2.31. The van der Waals surface area contributed by atoms with Gasteiger partial charge in [-0.05, 0) is 36.6 Å². The molecule has 1 aliphatic rings. The smallest absolute Gasteiger partial charge is 0.299 e. The monoisotopic (exact) mass is 299 g/mol. The van der Waals surface area contributed by atoms with Crippen LogP contribution < -0.4 is 4.90 Å². The summed E-state index contributed by atoms with van der Waals surface area (Å²) >= 11 is 5.89. The Morgan fingerprint density at radius 1 is 1.00 bits per heavy atom. The van der Waals surface area contributed by atoms with Gasteiger partial charge in [0, 0.05) is 11.6 Å². The Kier molecular flexibility index (Phi) is 3.76. The molecule has 1 aliphatic heterocycles. The third kappa shape index (κ3) is 2.69. The third-order valence-corrected chi connectivity index (χ3v) is 3.86. The van der Waals surface area contributed by atoms with E-state index in [1.165, 1.54) is 5.56 Å². The molecular weight excluding hydrogens is 286 g/mol. The Hall–Kier alpha value is -2.13. The van der Waals surface area contributed by atoms with Crippen LogP contribution in [-0.4, -0.2) is 18.2 Å². The largest absolute Gasteiger partial charge is 0.305 e. The molecule has 2 aromatic rings. The molecule has 2 aromatic carbocycles. The van der Waals surface area contributed by atoms with Gasteiger partial charge >= 0.3 is 0 Å². The van der Waals surface area contributed by atoms with Gasteiger partial charge in [-0.25, -0.2) is 0 Å². The fraction of sp³-hybridized carbons (Fsp3) is 0.176. The van der Waals surface area contributed by atoms with Crippen molar-refractivity contribution in [1.29, 1.82) is 0 Å². The van der Waals surface area contributed by atoms with Crippen LogP contribution >= 0.6 is 11.6 Å². The van der Waals surface area contributed by atoms with Gasteiger partial charge in [-0.3, -0.25) is 9.59 Å². The summed E-state index contributed by atoms with van der Waals surface area (Å²) in [5.74, 6) is -0.924. The second-order valence-electron chi connectivity index (χ2n) is 5.04. The number of fused-ring (bicyclic) bond motifs is 1. The van der Waals surface area contributed by atoms with Gasteiger partial charge in [-0.15, -0.1) is 0 Å². The average molecular weight is 300 g/mol. The zero-order valence-corrected chi connectivity index (χ0v) is 12.1. The van der Waals surface area contributed by atoms with Gasteiger partial charge in [0.1, 0.15) is 0 Å². The van der Waals surface area contributed by atoms with Crippen molar-refractivity contribution in [3.05, 3.63) is 64.7 Å². The summed E-state index contributed by atoms with van der Waals surface area (Å²) in [6, 6.07) is 15.1. The van der Waals surface area contributed by atoms with E-state index in [9.17, 15) is 9.59 Å². The molecule has 3 rings (SSSR count). The summed E-state index contributed by atoms with van der Waals surface area (Å²) in [5, 5.41) is 0.473. The first-order valence-electron chi connectivity index (χ1n) is 6.86. The Morgan fingerprint density at radius 2 is 1.76 bits per heavy atom. The number of carbonyl (C=O) groups is 2. The number of hydrogen-bond acceptors (Lipinski definition) is 2. The van der Waals surface area contributed by atoms with Crippen molar-refractivity contribution < 1.29 is 9.59 Å². The molecule has 106 valence electrons. The molecular formula is C17H14ClNO2. The van der Waals surface area contributed by atoms with Crippen molar-refractivity contribution in [2.45, 2.75) is 12.8 Å². The lowest BCUT2D eigenvalue weighted by Gasteiger charge is -2.16. The minimum absolute atomic E-state index is 0.409. The summed E-state index contributed by atoms with van der Waals surface area (Å²) < 4.78 is 0. The van der Waals surface area contributed by atoms with E-state index in [1.807, 2.05) is 18.2 Å². The van der Waals surface area contributed by atoms with Crippen LogP contribution in [0.4, 0.5) is 5.69 Å². The zero-order chi connectivity index (χ0) is 14.8. The summed E-state index contributed by atoms with van der Waals surface area (Å²) in [6.07, 6.45) is 1.69. The number of ketones is 1. The lowest BCUT2D eigenvalue weighted by molar-refractivity contribution is -0.114. The molecule has 0 spiro atoms. The van der Waals surface area contributed by atoms with Crippen molar-refractivity contribution in [2.24, 2.45) is 0 Å². The molecule has 0 aromatic heterocycles. The van der Waals surface area contributed by atoms with Crippen molar-refractivity contribution in [1.82, 2.24) is 0 Å². The van der Waals surface area contributed by atoms with Crippen LogP contribution in [0.1, 0.15) is 22.3 Å². The summed E-state index contributed by atoms with van der Waals surface area (Å²) in [5.41, 5.74) is 2.31. The Morgan fingerprint density at radius 3 is 2.52 bits per heavy atom. The molecule has 0 unspecified atom stereocenters. The highest BCUT2D eigenvalue weighted by Gasteiger charge is 2.35. The van der Waals surface area contributed by atoms with Crippen LogP contribution in [-0.2, 0) is 11.2 Å². The number of benzene rings is 2. The normalized spacial score (nSPS) is 13.7. The zero-order valence-electron chi connectivity index (χ0n) is 11.4. The van der Waals surface area contributed by atoms with E-state index in [0.717, 1.165) is 12.8 Å². The van der Waals surface area contributed by atoms with Gasteiger partial charge in [0.2, 0.25) is 0 Å². The molecule has 0 atom stereocenters. The second kappa shape index (κ2) is 5.70. The number of carbonyl (C=O) groups excluding carboxylic acids is 2. The molecule has 1 amide bonds. The molecule has 0 saturated heterocycles. The molecule has 4 heteroatoms. The van der Waals surface area contributed by atoms with Gasteiger partial charge in [-0.2, -0.15) is 0 Å². The minimum Gasteiger partial charge on any atom is -0.305 e. The molecule has 3 nitrogen and oxygen atoms in total. The maximum absolute atomic E-state index is 12.0. The van der Waals surface area contributed by atoms with Crippen molar-refractivity contribution in [3.63, 3.8) is 0 Å². The van der Waals surface area contributed by atoms with E-state index in [-0.39, 0.29) is 0 Å². The van der Waals surface area contributed by atoms with Gasteiger partial charge in [0.05, 0.1) is 11.3 Å². The number of amides is 1. The summed E-state index contributed by atoms with van der Waals surface area (Å²) in [4.78, 5) is 25.5. The highest BCUT2D eigenvalue weighted by molar-refractivity contribution is 6.52. The third-order valence-electron chi connectivity index (χ3n) is 3.62. The van der Waals surface area contributed by atoms with Gasteiger partial charge in [0.25, 0.3) is 11.7 Å². The van der Waals surface area contributed by atoms with Crippen LogP contribution in [0.3, 0.4) is 0 Å². The Balaban J connectivity index is 1.72. The first-order valence-corrected chi connectivity index (χ1v) is 7.24. The Bertz CT molecular complexity index is 697. The van der Waals surface area contributed by atoms with Crippen molar-refractivity contribution >= 4 is 29.0 Å². The van der Waals surface area contributed by atoms with Crippen LogP contribution in [0.15, 0.2) is 48.5 Å². The van der Waals surface area contributed by atoms with E-state index >= 15 is 0 Å². The topological polar surface area (TPSA) is 37.4 Å². The molecule has 21 heavy (non-hydrogen) atoms. The fourth-order valence-electron chi connectivity index (χ4n) is 2.58. The molecule has 0 N–H and O–H groups in total. The first-order chi connectivity index (χ1) is 10.2. The lowest BCUT2D eigenvalue weighted by Crippen LogP contribution is -2.30. The average Bonchev–Trinajstić information content (AvgIpc) is 2.73. The number of anilines is 1. The molecule has 1 heterocycles. The summed E-state index contributed by atoms with van der Waals surface area (Å²) in [7, 11) is 0. The molecule has 0 radical (unpaired) electrons. The first kappa shape index (κ1) is 13.8. The number of rotatable bonds is 4. The van der Waals surface area contributed by atoms with E-state index in [0.29, 0.717) is 22.8 Å². The van der Waals surface area contributed by atoms with Gasteiger partial charge in [0.15, 0.2) is 0 Å². The SMILES string of the molecule is O=C1C(=O)N(CCCc2ccccc2)c2ccc(Cl)cc21. The maximum Gasteiger partial charge on any atom is 0.299 e. The molecule has 0 fully saturated rings. The molecule has 0 saturated carbocycles. The maximum atomic E-state index is 12.0. The van der Waals surface area contributed by atoms with Gasteiger partial charge in [-0.1, -0.05) is 41.9 Å². The second-order valence-corrected chi connectivity index (χ2v) is 5.47. The molecule has 0 aliphatic carbocycles. The fourth-order valence-corrected chi connectivity index (χ4v) is 2.75. The number of Topliss-reactive ketones (excluding diaryl/α,β-unsaturated/α-hetero) is 1. The van der Waals surface area contributed by atoms with Crippen LogP contribution in [0.25, 0.3) is 0 Å². The van der Waals surface area contributed by atoms with Gasteiger partial charge < -0.3 is 4.90 Å². The molecule has 0 bridgehead atoms. The van der Waals surface area contributed by atoms with E-state index in [4.69, 9.17) is 11.6 Å². The predicted octanol–water partition coefficient (Wildman–Crippen LogP) is 3.50. The number of aryl methyl sites for hydroxylation is 1. The standard InChI is InChI=1S/C17H14ClNO2/c18-13-8-9-15-14(11-13)16(20)17(21)19(15)10-4-7-12-5-2-1-3-6-12/h1-3,5-6,8-9,11H,4,7,10H2. The number of hydrogen-bond donors (Lipinski definition) is 0. The number of halogens is 1. The van der Waals surface area contributed by atoms with E-state index in [2.05, 4.69) is 12.1 Å². The van der Waals surface area contributed by atoms with E-state index in [1.54, 1.807) is 23.1 Å². The van der Waals surface area contributed by atoms with E-state index < -0.39 is 11.7 Å². The number of nitrogens with zero attached hydrogens (tertiary/aromatic N) is 1. The quantitative estimate of drug-likeness (QED) is 0.810. The summed E-state index contributed by atoms with van der Waals surface area (Å²) in [6.45, 7) is 0.536. The van der Waals surface area contributed by atoms with Crippen LogP contribution in [0.5, 0.6) is 0 Å². The van der Waals surface area contributed by atoms with Crippen molar-refractivity contribution in [2.75, 3.05) is 11.4 Å². The van der Waals surface area contributed by atoms with Crippen LogP contribution in [0.2, 0.25) is 5.02 Å². The van der Waals surface area contributed by atoms with Crippen LogP contribution in [0, 0.1) is 0 Å². The predicted molar refractivity (Wildman–Crippen MR) is 82.9 cm³/mol. The lowest BCUT2D eigenvalue weighted by atomic mass is 10.1. The van der Waals surface area contributed by atoms with Crippen molar-refractivity contribution in [3.8, 4) is 0 Å². The Labute approximate surface area is 128 Å². The minimum atomic E-state index is -0.466. The highest BCUT2D eigenvalue weighted by atomic mass is 35.5.